The van der Waals surface area contributed by atoms with Gasteiger partial charge in [-0.1, -0.05) is 50.2 Å². The lowest BCUT2D eigenvalue weighted by Gasteiger charge is -2.38. The molecule has 2 amide bonds. The highest BCUT2D eigenvalue weighted by molar-refractivity contribution is 6.05. The largest absolute Gasteiger partial charge is 0.465 e. The van der Waals surface area contributed by atoms with Gasteiger partial charge in [-0.25, -0.2) is 9.48 Å². The van der Waals surface area contributed by atoms with E-state index in [1.165, 1.54) is 18.1 Å². The normalized spacial score (nSPS) is 16.1. The van der Waals surface area contributed by atoms with E-state index >= 15 is 0 Å². The number of rotatable bonds is 6. The number of anilines is 1. The zero-order valence-corrected chi connectivity index (χ0v) is 24.1. The molecule has 0 saturated heterocycles. The Morgan fingerprint density at radius 2 is 1.63 bits per heavy atom. The number of nitrogens with zero attached hydrogens (tertiary/aromatic N) is 3. The van der Waals surface area contributed by atoms with Crippen LogP contribution in [-0.2, 0) is 15.7 Å². The number of carbonyl (C=O) groups is 3. The summed E-state index contributed by atoms with van der Waals surface area (Å²) in [4.78, 5) is 41.2. The number of hydrogen-bond acceptors (Lipinski definition) is 5. The zero-order valence-electron chi connectivity index (χ0n) is 24.1. The number of fused-ring (bicyclic) bond motifs is 1. The maximum Gasteiger partial charge on any atom is 0.416 e. The number of likely N-dealkylation sites (N-methyl/N-ethyl adjacent to an activating group) is 1. The highest BCUT2D eigenvalue weighted by Crippen LogP contribution is 2.41. The first-order valence-electron chi connectivity index (χ1n) is 13.7. The van der Waals surface area contributed by atoms with Gasteiger partial charge in [-0.15, -0.1) is 0 Å². The van der Waals surface area contributed by atoms with Crippen LogP contribution in [0.3, 0.4) is 0 Å². The zero-order chi connectivity index (χ0) is 31.3. The van der Waals surface area contributed by atoms with E-state index in [9.17, 15) is 27.6 Å². The Balaban J connectivity index is 0.00000207. The first-order chi connectivity index (χ1) is 20.6. The Kier molecular flexibility index (Phi) is 9.33. The number of aromatic nitrogens is 2. The highest BCUT2D eigenvalue weighted by atomic mass is 19.4. The molecule has 0 fully saturated rings. The second kappa shape index (κ2) is 12.9. The van der Waals surface area contributed by atoms with Gasteiger partial charge in [-0.3, -0.25) is 14.5 Å². The second-order valence-corrected chi connectivity index (χ2v) is 9.38. The van der Waals surface area contributed by atoms with Crippen LogP contribution in [0.1, 0.15) is 64.1 Å². The lowest BCUT2D eigenvalue weighted by atomic mass is 9.81. The lowest BCUT2D eigenvalue weighted by Crippen LogP contribution is -2.55. The predicted octanol–water partition coefficient (Wildman–Crippen LogP) is 6.00. The molecule has 2 heterocycles. The smallest absolute Gasteiger partial charge is 0.416 e. The number of amides is 2. The standard InChI is InChI=1S/C30H25F3N4O4.C2H6/c1-3-36-27-23(17-34-37(27)22-13-5-4-6-14-22)24(18-9-7-11-20(15-18)29(40)41-2)25(28(36)39)35-26(38)19-10-8-12-21(16-19)30(31,32)33;1-2/h4-17,24-25H,3H2,1-2H3,(H,35,38);1-2H3/t24-,25?;/m1./s1. The van der Waals surface area contributed by atoms with E-state index in [0.717, 1.165) is 18.2 Å². The minimum Gasteiger partial charge on any atom is -0.465 e. The van der Waals surface area contributed by atoms with E-state index in [1.54, 1.807) is 42.1 Å². The van der Waals surface area contributed by atoms with Gasteiger partial charge in [-0.05, 0) is 55.0 Å². The van der Waals surface area contributed by atoms with Gasteiger partial charge in [-0.2, -0.15) is 18.3 Å². The average Bonchev–Trinajstić information content (AvgIpc) is 3.46. The fourth-order valence-electron chi connectivity index (χ4n) is 5.06. The fourth-order valence-corrected chi connectivity index (χ4v) is 5.06. The number of halogens is 3. The summed E-state index contributed by atoms with van der Waals surface area (Å²) in [5, 5.41) is 7.23. The SMILES string of the molecule is CC.CCN1C(=O)C(NC(=O)c2cccc(C(F)(F)F)c2)[C@H](c2cccc(C(=O)OC)c2)c2cnn(-c3ccccc3)c21. The molecule has 11 heteroatoms. The van der Waals surface area contributed by atoms with Crippen LogP contribution in [0.5, 0.6) is 0 Å². The molecule has 1 aromatic heterocycles. The van der Waals surface area contributed by atoms with Crippen molar-refractivity contribution >= 4 is 23.6 Å². The molecule has 2 atom stereocenters. The highest BCUT2D eigenvalue weighted by Gasteiger charge is 2.44. The molecule has 0 spiro atoms. The van der Waals surface area contributed by atoms with E-state index < -0.39 is 41.5 Å². The molecule has 1 aliphatic heterocycles. The molecule has 1 N–H and O–H groups in total. The van der Waals surface area contributed by atoms with Crippen LogP contribution in [0.25, 0.3) is 5.69 Å². The first kappa shape index (κ1) is 31.0. The van der Waals surface area contributed by atoms with Gasteiger partial charge in [0.15, 0.2) is 0 Å². The minimum absolute atomic E-state index is 0.231. The topological polar surface area (TPSA) is 93.5 Å². The van der Waals surface area contributed by atoms with E-state index in [0.29, 0.717) is 22.6 Å². The first-order valence-corrected chi connectivity index (χ1v) is 13.7. The summed E-state index contributed by atoms with van der Waals surface area (Å²) in [6, 6.07) is 18.4. The van der Waals surface area contributed by atoms with Crippen molar-refractivity contribution in [3.05, 3.63) is 113 Å². The molecular weight excluding hydrogens is 561 g/mol. The van der Waals surface area contributed by atoms with Crippen LogP contribution in [0.2, 0.25) is 0 Å². The number of hydrogen-bond donors (Lipinski definition) is 1. The summed E-state index contributed by atoms with van der Waals surface area (Å²) in [5.74, 6) is -2.25. The molecule has 0 aliphatic carbocycles. The number of nitrogens with one attached hydrogen (secondary N) is 1. The number of benzene rings is 3. The molecule has 1 aliphatic rings. The third kappa shape index (κ3) is 6.15. The van der Waals surface area contributed by atoms with Crippen LogP contribution in [0.15, 0.2) is 85.1 Å². The average molecular weight is 593 g/mol. The van der Waals surface area contributed by atoms with Gasteiger partial charge < -0.3 is 10.1 Å². The molecule has 5 rings (SSSR count). The Bertz CT molecular complexity index is 1620. The molecule has 224 valence electrons. The molecule has 1 unspecified atom stereocenters. The van der Waals surface area contributed by atoms with Crippen LogP contribution in [-0.4, -0.2) is 47.3 Å². The Labute approximate surface area is 247 Å². The molecule has 0 bridgehead atoms. The van der Waals surface area contributed by atoms with E-state index in [4.69, 9.17) is 4.74 Å². The van der Waals surface area contributed by atoms with Crippen molar-refractivity contribution in [2.45, 2.75) is 38.9 Å². The summed E-state index contributed by atoms with van der Waals surface area (Å²) in [6.07, 6.45) is -3.05. The van der Waals surface area contributed by atoms with Crippen molar-refractivity contribution < 1.29 is 32.3 Å². The summed E-state index contributed by atoms with van der Waals surface area (Å²) in [5.41, 5.74) is 0.809. The van der Waals surface area contributed by atoms with Crippen LogP contribution in [0, 0.1) is 0 Å². The summed E-state index contributed by atoms with van der Waals surface area (Å²) >= 11 is 0. The number of esters is 1. The molecule has 0 saturated carbocycles. The van der Waals surface area contributed by atoms with Gasteiger partial charge in [0, 0.05) is 23.6 Å². The van der Waals surface area contributed by atoms with E-state index in [1.807, 2.05) is 44.2 Å². The Hall–Kier alpha value is -4.93. The predicted molar refractivity (Wildman–Crippen MR) is 155 cm³/mol. The maximum atomic E-state index is 14.1. The number of alkyl halides is 3. The molecular formula is C32H31F3N4O4. The third-order valence-corrected chi connectivity index (χ3v) is 6.95. The molecule has 8 nitrogen and oxygen atoms in total. The van der Waals surface area contributed by atoms with Crippen LogP contribution in [0.4, 0.5) is 19.0 Å². The number of para-hydroxylation sites is 1. The van der Waals surface area contributed by atoms with Crippen molar-refractivity contribution in [2.24, 2.45) is 0 Å². The molecule has 43 heavy (non-hydrogen) atoms. The third-order valence-electron chi connectivity index (χ3n) is 6.95. The van der Waals surface area contributed by atoms with Gasteiger partial charge in [0.05, 0.1) is 30.1 Å². The van der Waals surface area contributed by atoms with Gasteiger partial charge in [0.1, 0.15) is 11.9 Å². The van der Waals surface area contributed by atoms with Gasteiger partial charge in [0.2, 0.25) is 0 Å². The number of ether oxygens (including phenoxy) is 1. The van der Waals surface area contributed by atoms with Crippen molar-refractivity contribution in [1.29, 1.82) is 0 Å². The number of methoxy groups -OCH3 is 1. The molecule has 0 radical (unpaired) electrons. The quantitative estimate of drug-likeness (QED) is 0.277. The van der Waals surface area contributed by atoms with Gasteiger partial charge >= 0.3 is 12.1 Å². The van der Waals surface area contributed by atoms with Gasteiger partial charge in [0.25, 0.3) is 11.8 Å². The number of carbonyl (C=O) groups excluding carboxylic acids is 3. The Morgan fingerprint density at radius 3 is 2.28 bits per heavy atom. The van der Waals surface area contributed by atoms with Crippen molar-refractivity contribution in [1.82, 2.24) is 15.1 Å². The monoisotopic (exact) mass is 592 g/mol. The van der Waals surface area contributed by atoms with Crippen molar-refractivity contribution in [3.63, 3.8) is 0 Å². The van der Waals surface area contributed by atoms with Crippen LogP contribution >= 0.6 is 0 Å². The van der Waals surface area contributed by atoms with E-state index in [-0.39, 0.29) is 17.7 Å². The van der Waals surface area contributed by atoms with Crippen molar-refractivity contribution in [2.75, 3.05) is 18.6 Å². The summed E-state index contributed by atoms with van der Waals surface area (Å²) in [7, 11) is 1.25. The fraction of sp³-hybridized carbons (Fsp3) is 0.250. The second-order valence-electron chi connectivity index (χ2n) is 9.38. The molecule has 3 aromatic carbocycles. The maximum absolute atomic E-state index is 14.1. The van der Waals surface area contributed by atoms with E-state index in [2.05, 4.69) is 10.4 Å². The lowest BCUT2D eigenvalue weighted by molar-refractivity contribution is -0.137. The minimum atomic E-state index is -4.65. The summed E-state index contributed by atoms with van der Waals surface area (Å²) in [6.45, 7) is 6.00. The molecule has 4 aromatic rings. The van der Waals surface area contributed by atoms with Crippen molar-refractivity contribution in [3.8, 4) is 5.69 Å². The van der Waals surface area contributed by atoms with Crippen LogP contribution < -0.4 is 10.2 Å². The summed E-state index contributed by atoms with van der Waals surface area (Å²) < 4.78 is 46.5. The Morgan fingerprint density at radius 1 is 0.953 bits per heavy atom.